The van der Waals surface area contributed by atoms with E-state index in [1.165, 1.54) is 0 Å². The number of amides is 1. The van der Waals surface area contributed by atoms with Crippen molar-refractivity contribution in [2.45, 2.75) is 32.1 Å². The highest BCUT2D eigenvalue weighted by Gasteiger charge is 2.35. The molecule has 1 fully saturated rings. The molecule has 1 aromatic carbocycles. The topological polar surface area (TPSA) is 58.1 Å². The van der Waals surface area contributed by atoms with E-state index in [-0.39, 0.29) is 11.9 Å². The number of aryl methyl sites for hydroxylation is 1. The third-order valence-corrected chi connectivity index (χ3v) is 4.04. The molecule has 132 valence electrons. The molecular weight excluding hydrogens is 333 g/mol. The molecule has 5 nitrogen and oxygen atoms in total. The van der Waals surface area contributed by atoms with Gasteiger partial charge in [-0.05, 0) is 25.0 Å². The largest absolute Gasteiger partial charge is 0.433 e. The highest BCUT2D eigenvalue weighted by molar-refractivity contribution is 5.86. The highest BCUT2D eigenvalue weighted by Crippen LogP contribution is 2.28. The fraction of sp³-hybridized carbons (Fsp3) is 0.353. The van der Waals surface area contributed by atoms with E-state index in [1.54, 1.807) is 4.90 Å². The van der Waals surface area contributed by atoms with Crippen molar-refractivity contribution in [2.24, 2.45) is 0 Å². The first-order chi connectivity index (χ1) is 11.8. The predicted octanol–water partition coefficient (Wildman–Crippen LogP) is 3.02. The number of hydrogen-bond donors (Lipinski definition) is 1. The van der Waals surface area contributed by atoms with Gasteiger partial charge in [-0.25, -0.2) is 9.97 Å². The quantitative estimate of drug-likeness (QED) is 0.921. The molecule has 1 aliphatic heterocycles. The zero-order valence-electron chi connectivity index (χ0n) is 13.5. The van der Waals surface area contributed by atoms with E-state index >= 15 is 0 Å². The summed E-state index contributed by atoms with van der Waals surface area (Å²) in [6, 6.07) is 8.04. The second-order valence-corrected chi connectivity index (χ2v) is 5.99. The summed E-state index contributed by atoms with van der Waals surface area (Å²) >= 11 is 0. The Bertz CT molecular complexity index is 761. The molecule has 1 unspecified atom stereocenters. The Hall–Kier alpha value is -2.64. The van der Waals surface area contributed by atoms with Crippen molar-refractivity contribution >= 4 is 11.9 Å². The SMILES string of the molecule is Cc1ccc(CN2CCC(Nc3nccc(C(F)(F)F)n3)C2=O)cc1. The van der Waals surface area contributed by atoms with Crippen LogP contribution < -0.4 is 5.32 Å². The van der Waals surface area contributed by atoms with E-state index in [9.17, 15) is 18.0 Å². The normalized spacial score (nSPS) is 17.8. The van der Waals surface area contributed by atoms with E-state index in [1.807, 2.05) is 31.2 Å². The molecule has 25 heavy (non-hydrogen) atoms. The van der Waals surface area contributed by atoms with Crippen LogP contribution in [-0.4, -0.2) is 33.4 Å². The van der Waals surface area contributed by atoms with Crippen LogP contribution in [0.4, 0.5) is 19.1 Å². The van der Waals surface area contributed by atoms with Gasteiger partial charge >= 0.3 is 6.18 Å². The average Bonchev–Trinajstić information content (AvgIpc) is 2.90. The highest BCUT2D eigenvalue weighted by atomic mass is 19.4. The van der Waals surface area contributed by atoms with Crippen LogP contribution >= 0.6 is 0 Å². The summed E-state index contributed by atoms with van der Waals surface area (Å²) in [6.45, 7) is 2.99. The Balaban J connectivity index is 1.65. The van der Waals surface area contributed by atoms with Crippen LogP contribution in [-0.2, 0) is 17.5 Å². The Kier molecular flexibility index (Phi) is 4.61. The summed E-state index contributed by atoms with van der Waals surface area (Å²) in [5.41, 5.74) is 1.11. The molecule has 1 aliphatic rings. The molecule has 0 radical (unpaired) electrons. The molecule has 0 saturated carbocycles. The van der Waals surface area contributed by atoms with Gasteiger partial charge in [0, 0.05) is 19.3 Å². The molecule has 0 aliphatic carbocycles. The lowest BCUT2D eigenvalue weighted by atomic mass is 10.1. The van der Waals surface area contributed by atoms with Crippen molar-refractivity contribution in [1.29, 1.82) is 0 Å². The van der Waals surface area contributed by atoms with Crippen LogP contribution in [0.1, 0.15) is 23.2 Å². The second kappa shape index (κ2) is 6.70. The van der Waals surface area contributed by atoms with Gasteiger partial charge in [0.25, 0.3) is 0 Å². The Morgan fingerprint density at radius 3 is 2.64 bits per heavy atom. The number of halogens is 3. The number of rotatable bonds is 4. The van der Waals surface area contributed by atoms with E-state index in [4.69, 9.17) is 0 Å². The molecule has 1 aromatic heterocycles. The molecular formula is C17H17F3N4O. The van der Waals surface area contributed by atoms with E-state index in [2.05, 4.69) is 15.3 Å². The fourth-order valence-electron chi connectivity index (χ4n) is 2.69. The van der Waals surface area contributed by atoms with Crippen molar-refractivity contribution < 1.29 is 18.0 Å². The molecule has 2 heterocycles. The van der Waals surface area contributed by atoms with Crippen molar-refractivity contribution in [3.05, 3.63) is 53.3 Å². The second-order valence-electron chi connectivity index (χ2n) is 5.99. The number of nitrogens with one attached hydrogen (secondary N) is 1. The molecule has 1 saturated heterocycles. The minimum atomic E-state index is -4.55. The third kappa shape index (κ3) is 4.07. The number of nitrogens with zero attached hydrogens (tertiary/aromatic N) is 3. The lowest BCUT2D eigenvalue weighted by Crippen LogP contribution is -2.33. The number of carbonyl (C=O) groups excluding carboxylic acids is 1. The van der Waals surface area contributed by atoms with Gasteiger partial charge in [-0.15, -0.1) is 0 Å². The first kappa shape index (κ1) is 17.2. The van der Waals surface area contributed by atoms with Gasteiger partial charge in [0.05, 0.1) is 0 Å². The molecule has 1 atom stereocenters. The van der Waals surface area contributed by atoms with E-state index in [0.29, 0.717) is 19.5 Å². The molecule has 0 bridgehead atoms. The lowest BCUT2D eigenvalue weighted by Gasteiger charge is -2.17. The number of aromatic nitrogens is 2. The standard InChI is InChI=1S/C17H17F3N4O/c1-11-2-4-12(5-3-11)10-24-9-7-13(15(24)25)22-16-21-8-6-14(23-16)17(18,19)20/h2-6,8,13H,7,9-10H2,1H3,(H,21,22,23). The van der Waals surface area contributed by atoms with Crippen LogP contribution in [0.25, 0.3) is 0 Å². The average molecular weight is 350 g/mol. The number of anilines is 1. The van der Waals surface area contributed by atoms with Crippen LogP contribution in [0.15, 0.2) is 36.5 Å². The van der Waals surface area contributed by atoms with Gasteiger partial charge < -0.3 is 10.2 Å². The molecule has 2 aromatic rings. The first-order valence-electron chi connectivity index (χ1n) is 7.84. The molecule has 0 spiro atoms. The van der Waals surface area contributed by atoms with Crippen molar-refractivity contribution in [1.82, 2.24) is 14.9 Å². The minimum Gasteiger partial charge on any atom is -0.342 e. The smallest absolute Gasteiger partial charge is 0.342 e. The minimum absolute atomic E-state index is 0.165. The molecule has 1 amide bonds. The zero-order valence-corrected chi connectivity index (χ0v) is 13.5. The number of alkyl halides is 3. The predicted molar refractivity (Wildman–Crippen MR) is 85.7 cm³/mol. The van der Waals surface area contributed by atoms with Crippen LogP contribution in [0.2, 0.25) is 0 Å². The third-order valence-electron chi connectivity index (χ3n) is 4.04. The Labute approximate surface area is 142 Å². The maximum Gasteiger partial charge on any atom is 0.433 e. The summed E-state index contributed by atoms with van der Waals surface area (Å²) in [5, 5.41) is 2.71. The molecule has 3 rings (SSSR count). The van der Waals surface area contributed by atoms with Gasteiger partial charge in [-0.1, -0.05) is 29.8 Å². The van der Waals surface area contributed by atoms with Crippen LogP contribution in [0, 0.1) is 6.92 Å². The summed E-state index contributed by atoms with van der Waals surface area (Å²) in [4.78, 5) is 21.3. The Morgan fingerprint density at radius 1 is 1.24 bits per heavy atom. The van der Waals surface area contributed by atoms with Gasteiger partial charge in [0.2, 0.25) is 11.9 Å². The lowest BCUT2D eigenvalue weighted by molar-refractivity contribution is -0.141. The Morgan fingerprint density at radius 2 is 1.96 bits per heavy atom. The summed E-state index contributed by atoms with van der Waals surface area (Å²) < 4.78 is 38.1. The van der Waals surface area contributed by atoms with Crippen molar-refractivity contribution in [3.8, 4) is 0 Å². The summed E-state index contributed by atoms with van der Waals surface area (Å²) in [5.74, 6) is -0.355. The maximum absolute atomic E-state index is 12.7. The van der Waals surface area contributed by atoms with Crippen molar-refractivity contribution in [3.63, 3.8) is 0 Å². The number of likely N-dealkylation sites (tertiary alicyclic amines) is 1. The van der Waals surface area contributed by atoms with Gasteiger partial charge in [0.15, 0.2) is 0 Å². The number of carbonyl (C=O) groups is 1. The van der Waals surface area contributed by atoms with Crippen LogP contribution in [0.3, 0.4) is 0 Å². The monoisotopic (exact) mass is 350 g/mol. The molecule has 1 N–H and O–H groups in total. The van der Waals surface area contributed by atoms with Gasteiger partial charge in [-0.2, -0.15) is 13.2 Å². The summed E-state index contributed by atoms with van der Waals surface area (Å²) in [6.07, 6.45) is -3.03. The van der Waals surface area contributed by atoms with Gasteiger partial charge in [-0.3, -0.25) is 4.79 Å². The number of benzene rings is 1. The summed E-state index contributed by atoms with van der Waals surface area (Å²) in [7, 11) is 0. The molecule has 8 heteroatoms. The van der Waals surface area contributed by atoms with Gasteiger partial charge in [0.1, 0.15) is 11.7 Å². The fourth-order valence-corrected chi connectivity index (χ4v) is 2.69. The van der Waals surface area contributed by atoms with E-state index < -0.39 is 17.9 Å². The maximum atomic E-state index is 12.7. The van der Waals surface area contributed by atoms with Crippen LogP contribution in [0.5, 0.6) is 0 Å². The zero-order chi connectivity index (χ0) is 18.0. The van der Waals surface area contributed by atoms with Crippen molar-refractivity contribution in [2.75, 3.05) is 11.9 Å². The number of hydrogen-bond acceptors (Lipinski definition) is 4. The van der Waals surface area contributed by atoms with E-state index in [0.717, 1.165) is 23.4 Å². The first-order valence-corrected chi connectivity index (χ1v) is 7.84.